The van der Waals surface area contributed by atoms with E-state index in [1.807, 2.05) is 47.4 Å². The van der Waals surface area contributed by atoms with E-state index < -0.39 is 6.04 Å². The highest BCUT2D eigenvalue weighted by molar-refractivity contribution is 5.87. The number of carbonyl (C=O) groups excluding carboxylic acids is 2. The Morgan fingerprint density at radius 1 is 1.00 bits per heavy atom. The van der Waals surface area contributed by atoms with E-state index in [9.17, 15) is 14.7 Å². The fraction of sp³-hybridized carbons (Fsp3) is 0.333. The maximum Gasteiger partial charge on any atom is 0.245 e. The lowest BCUT2D eigenvalue weighted by atomic mass is 10.0. The normalized spacial score (nSPS) is 15.3. The van der Waals surface area contributed by atoms with Crippen molar-refractivity contribution in [2.24, 2.45) is 0 Å². The number of aromatic hydroxyl groups is 1. The molecule has 0 aromatic heterocycles. The van der Waals surface area contributed by atoms with E-state index in [2.05, 4.69) is 10.2 Å². The van der Waals surface area contributed by atoms with Crippen LogP contribution in [0.4, 0.5) is 5.69 Å². The molecule has 142 valence electrons. The van der Waals surface area contributed by atoms with E-state index in [0.717, 1.165) is 11.3 Å². The number of rotatable bonds is 5. The van der Waals surface area contributed by atoms with Crippen molar-refractivity contribution in [3.8, 4) is 5.75 Å². The van der Waals surface area contributed by atoms with Crippen LogP contribution < -0.4 is 10.2 Å². The summed E-state index contributed by atoms with van der Waals surface area (Å²) in [6.07, 6.45) is 0.484. The summed E-state index contributed by atoms with van der Waals surface area (Å²) in [6, 6.07) is 16.3. The number of carbonyl (C=O) groups is 2. The van der Waals surface area contributed by atoms with Crippen molar-refractivity contribution in [1.29, 1.82) is 0 Å². The van der Waals surface area contributed by atoms with Crippen LogP contribution in [-0.4, -0.2) is 54.0 Å². The number of amides is 2. The van der Waals surface area contributed by atoms with Gasteiger partial charge in [-0.15, -0.1) is 0 Å². The van der Waals surface area contributed by atoms with Crippen LogP contribution in [0, 0.1) is 0 Å². The molecular formula is C21H25N3O3. The molecule has 0 aliphatic carbocycles. The van der Waals surface area contributed by atoms with Gasteiger partial charge in [-0.1, -0.05) is 30.3 Å². The highest BCUT2D eigenvalue weighted by atomic mass is 16.3. The van der Waals surface area contributed by atoms with Crippen molar-refractivity contribution in [2.45, 2.75) is 19.4 Å². The fourth-order valence-electron chi connectivity index (χ4n) is 3.36. The van der Waals surface area contributed by atoms with Crippen LogP contribution in [0.25, 0.3) is 0 Å². The second kappa shape index (κ2) is 8.58. The molecule has 1 saturated heterocycles. The molecule has 2 amide bonds. The molecule has 27 heavy (non-hydrogen) atoms. The quantitative estimate of drug-likeness (QED) is 0.845. The summed E-state index contributed by atoms with van der Waals surface area (Å²) in [5.74, 6) is -0.00181. The fourth-order valence-corrected chi connectivity index (χ4v) is 3.36. The topological polar surface area (TPSA) is 72.9 Å². The molecule has 2 aromatic carbocycles. The van der Waals surface area contributed by atoms with Crippen molar-refractivity contribution in [3.05, 3.63) is 60.2 Å². The van der Waals surface area contributed by atoms with Gasteiger partial charge in [-0.25, -0.2) is 0 Å². The third kappa shape index (κ3) is 5.00. The summed E-state index contributed by atoms with van der Waals surface area (Å²) in [5, 5.41) is 12.2. The average molecular weight is 367 g/mol. The van der Waals surface area contributed by atoms with E-state index >= 15 is 0 Å². The van der Waals surface area contributed by atoms with Crippen LogP contribution in [0.15, 0.2) is 54.6 Å². The largest absolute Gasteiger partial charge is 0.508 e. The third-order valence-electron chi connectivity index (χ3n) is 4.76. The van der Waals surface area contributed by atoms with Gasteiger partial charge in [0.15, 0.2) is 0 Å². The molecule has 0 radical (unpaired) electrons. The van der Waals surface area contributed by atoms with Gasteiger partial charge in [0.25, 0.3) is 0 Å². The molecule has 1 aliphatic rings. The summed E-state index contributed by atoms with van der Waals surface area (Å²) in [7, 11) is 0. The van der Waals surface area contributed by atoms with Crippen molar-refractivity contribution < 1.29 is 14.7 Å². The summed E-state index contributed by atoms with van der Waals surface area (Å²) in [4.78, 5) is 28.6. The molecule has 2 aromatic rings. The summed E-state index contributed by atoms with van der Waals surface area (Å²) in [5.41, 5.74) is 2.05. The maximum absolute atomic E-state index is 13.0. The molecule has 1 heterocycles. The number of benzene rings is 2. The Balaban J connectivity index is 1.62. The van der Waals surface area contributed by atoms with Gasteiger partial charge in [-0.3, -0.25) is 9.59 Å². The van der Waals surface area contributed by atoms with E-state index in [-0.39, 0.29) is 17.6 Å². The number of phenols is 1. The highest BCUT2D eigenvalue weighted by Gasteiger charge is 2.28. The molecule has 3 rings (SSSR count). The average Bonchev–Trinajstić information content (AvgIpc) is 2.68. The molecule has 2 N–H and O–H groups in total. The van der Waals surface area contributed by atoms with Crippen LogP contribution >= 0.6 is 0 Å². The Kier molecular flexibility index (Phi) is 5.96. The zero-order chi connectivity index (χ0) is 19.2. The third-order valence-corrected chi connectivity index (χ3v) is 4.76. The number of hydrogen-bond donors (Lipinski definition) is 2. The first-order valence-corrected chi connectivity index (χ1v) is 9.17. The molecule has 1 aliphatic heterocycles. The molecule has 0 bridgehead atoms. The summed E-state index contributed by atoms with van der Waals surface area (Å²) < 4.78 is 0. The first-order chi connectivity index (χ1) is 13.0. The summed E-state index contributed by atoms with van der Waals surface area (Å²) >= 11 is 0. The van der Waals surface area contributed by atoms with Gasteiger partial charge < -0.3 is 20.2 Å². The van der Waals surface area contributed by atoms with Crippen molar-refractivity contribution >= 4 is 17.5 Å². The molecule has 0 saturated carbocycles. The van der Waals surface area contributed by atoms with Gasteiger partial charge in [0.05, 0.1) is 0 Å². The lowest BCUT2D eigenvalue weighted by molar-refractivity contribution is -0.136. The van der Waals surface area contributed by atoms with Crippen LogP contribution in [0.3, 0.4) is 0 Å². The number of nitrogens with zero attached hydrogens (tertiary/aromatic N) is 2. The van der Waals surface area contributed by atoms with Gasteiger partial charge in [0, 0.05) is 45.2 Å². The predicted molar refractivity (Wildman–Crippen MR) is 105 cm³/mol. The van der Waals surface area contributed by atoms with Crippen LogP contribution in [-0.2, 0) is 16.0 Å². The van der Waals surface area contributed by atoms with Crippen LogP contribution in [0.1, 0.15) is 12.5 Å². The predicted octanol–water partition coefficient (Wildman–Crippen LogP) is 1.79. The van der Waals surface area contributed by atoms with E-state index in [0.29, 0.717) is 32.6 Å². The van der Waals surface area contributed by atoms with Crippen molar-refractivity contribution in [2.75, 3.05) is 31.1 Å². The zero-order valence-electron chi connectivity index (χ0n) is 15.5. The second-order valence-electron chi connectivity index (χ2n) is 6.77. The van der Waals surface area contributed by atoms with Crippen molar-refractivity contribution in [1.82, 2.24) is 10.2 Å². The molecule has 0 unspecified atom stereocenters. The highest BCUT2D eigenvalue weighted by Crippen LogP contribution is 2.20. The first kappa shape index (κ1) is 18.8. The molecule has 1 atom stereocenters. The number of anilines is 1. The minimum atomic E-state index is -0.551. The molecule has 6 heteroatoms. The molecule has 0 spiro atoms. The minimum absolute atomic E-state index is 0.0422. The number of nitrogens with one attached hydrogen (secondary N) is 1. The van der Waals surface area contributed by atoms with E-state index in [1.54, 1.807) is 12.1 Å². The summed E-state index contributed by atoms with van der Waals surface area (Å²) in [6.45, 7) is 4.08. The lowest BCUT2D eigenvalue weighted by Gasteiger charge is -2.37. The van der Waals surface area contributed by atoms with Gasteiger partial charge in [0.1, 0.15) is 11.8 Å². The lowest BCUT2D eigenvalue weighted by Crippen LogP contribution is -2.55. The van der Waals surface area contributed by atoms with Gasteiger partial charge in [0.2, 0.25) is 11.8 Å². The van der Waals surface area contributed by atoms with Gasteiger partial charge >= 0.3 is 0 Å². The Hall–Kier alpha value is -3.02. The monoisotopic (exact) mass is 367 g/mol. The maximum atomic E-state index is 13.0. The Morgan fingerprint density at radius 3 is 2.22 bits per heavy atom. The Bertz CT molecular complexity index is 769. The standard InChI is InChI=1S/C21H25N3O3/c1-16(25)22-20(15-17-5-3-2-4-6-17)21(27)24-13-11-23(12-14-24)18-7-9-19(26)10-8-18/h2-10,20,26H,11-15H2,1H3,(H,22,25)/t20-/m0/s1. The second-order valence-corrected chi connectivity index (χ2v) is 6.77. The Labute approximate surface area is 159 Å². The van der Waals surface area contributed by atoms with Crippen molar-refractivity contribution in [3.63, 3.8) is 0 Å². The SMILES string of the molecule is CC(=O)N[C@@H](Cc1ccccc1)C(=O)N1CCN(c2ccc(O)cc2)CC1. The molecule has 6 nitrogen and oxygen atoms in total. The van der Waals surface area contributed by atoms with Gasteiger partial charge in [-0.2, -0.15) is 0 Å². The number of phenolic OH excluding ortho intramolecular Hbond substituents is 1. The zero-order valence-corrected chi connectivity index (χ0v) is 15.5. The number of hydrogen-bond acceptors (Lipinski definition) is 4. The minimum Gasteiger partial charge on any atom is -0.508 e. The Morgan fingerprint density at radius 2 is 1.63 bits per heavy atom. The first-order valence-electron chi connectivity index (χ1n) is 9.17. The van der Waals surface area contributed by atoms with Crippen LogP contribution in [0.5, 0.6) is 5.75 Å². The van der Waals surface area contributed by atoms with E-state index in [4.69, 9.17) is 0 Å². The van der Waals surface area contributed by atoms with Gasteiger partial charge in [-0.05, 0) is 29.8 Å². The molecular weight excluding hydrogens is 342 g/mol. The van der Waals surface area contributed by atoms with Crippen LogP contribution in [0.2, 0.25) is 0 Å². The molecule has 1 fully saturated rings. The smallest absolute Gasteiger partial charge is 0.245 e. The van der Waals surface area contributed by atoms with E-state index in [1.165, 1.54) is 6.92 Å². The number of piperazine rings is 1.